The van der Waals surface area contributed by atoms with Gasteiger partial charge in [-0.25, -0.2) is 9.18 Å². The number of rotatable bonds is 5. The first-order valence-electron chi connectivity index (χ1n) is 9.05. The molecule has 1 unspecified atom stereocenters. The molecule has 1 aliphatic heterocycles. The largest absolute Gasteiger partial charge is 0.379 e. The molecule has 1 aliphatic rings. The number of aromatic nitrogens is 2. The Morgan fingerprint density at radius 1 is 1.44 bits per heavy atom. The Kier molecular flexibility index (Phi) is 6.41. The molecule has 0 spiro atoms. The Bertz CT molecular complexity index is 764. The van der Waals surface area contributed by atoms with Crippen molar-refractivity contribution in [2.75, 3.05) is 52.3 Å². The molecule has 0 aliphatic carbocycles. The summed E-state index contributed by atoms with van der Waals surface area (Å²) in [5.41, 5.74) is 1.43. The van der Waals surface area contributed by atoms with Crippen LogP contribution in [0.25, 0.3) is 0 Å². The lowest BCUT2D eigenvalue weighted by atomic mass is 10.1. The van der Waals surface area contributed by atoms with Crippen LogP contribution in [0.15, 0.2) is 36.7 Å². The number of halogens is 1. The lowest BCUT2D eigenvalue weighted by Crippen LogP contribution is -2.40. The van der Waals surface area contributed by atoms with Gasteiger partial charge < -0.3 is 19.9 Å². The van der Waals surface area contributed by atoms with E-state index >= 15 is 0 Å². The molecule has 1 aromatic carbocycles. The number of ether oxygens (including phenoxy) is 1. The minimum absolute atomic E-state index is 0.158. The van der Waals surface area contributed by atoms with Crippen molar-refractivity contribution >= 4 is 11.7 Å². The normalized spacial score (nSPS) is 17.8. The van der Waals surface area contributed by atoms with Crippen LogP contribution in [-0.2, 0) is 11.3 Å². The molecule has 8 heteroatoms. The second-order valence-electron chi connectivity index (χ2n) is 7.14. The van der Waals surface area contributed by atoms with Crippen LogP contribution in [0.3, 0.4) is 0 Å². The van der Waals surface area contributed by atoms with Gasteiger partial charge in [0.25, 0.3) is 0 Å². The van der Waals surface area contributed by atoms with Gasteiger partial charge >= 0.3 is 6.03 Å². The van der Waals surface area contributed by atoms with Gasteiger partial charge in [0.05, 0.1) is 31.6 Å². The molecule has 0 bridgehead atoms. The Morgan fingerprint density at radius 2 is 2.30 bits per heavy atom. The van der Waals surface area contributed by atoms with Gasteiger partial charge in [0.15, 0.2) is 0 Å². The standard InChI is InChI=1S/C19H26FN5O2/c1-23(2)10-16-11-24(6-7-27-14-16)19(26)22-18-9-21-25(13-18)12-15-4-3-5-17(20)8-15/h3-5,8-9,13,16H,6-7,10-12,14H2,1-2H3,(H,22,26). The summed E-state index contributed by atoms with van der Waals surface area (Å²) in [7, 11) is 4.03. The first-order chi connectivity index (χ1) is 13.0. The third-order valence-corrected chi connectivity index (χ3v) is 4.37. The number of hydrogen-bond acceptors (Lipinski definition) is 4. The second-order valence-corrected chi connectivity index (χ2v) is 7.14. The molecule has 0 saturated carbocycles. The molecule has 7 nitrogen and oxygen atoms in total. The lowest BCUT2D eigenvalue weighted by Gasteiger charge is -2.25. The predicted octanol–water partition coefficient (Wildman–Crippen LogP) is 2.11. The van der Waals surface area contributed by atoms with Crippen LogP contribution in [0.2, 0.25) is 0 Å². The molecule has 2 aromatic rings. The SMILES string of the molecule is CN(C)CC1COCCN(C(=O)Nc2cnn(Cc3cccc(F)c3)c2)C1. The van der Waals surface area contributed by atoms with Crippen molar-refractivity contribution < 1.29 is 13.9 Å². The summed E-state index contributed by atoms with van der Waals surface area (Å²) < 4.78 is 20.6. The van der Waals surface area contributed by atoms with Gasteiger partial charge in [-0.3, -0.25) is 4.68 Å². The molecule has 2 amide bonds. The highest BCUT2D eigenvalue weighted by molar-refractivity contribution is 5.89. The second kappa shape index (κ2) is 8.96. The summed E-state index contributed by atoms with van der Waals surface area (Å²) >= 11 is 0. The van der Waals surface area contributed by atoms with E-state index in [0.29, 0.717) is 38.5 Å². The Balaban J connectivity index is 1.58. The fourth-order valence-electron chi connectivity index (χ4n) is 3.23. The van der Waals surface area contributed by atoms with Crippen LogP contribution >= 0.6 is 0 Å². The van der Waals surface area contributed by atoms with Crippen molar-refractivity contribution in [1.29, 1.82) is 0 Å². The van der Waals surface area contributed by atoms with E-state index in [4.69, 9.17) is 4.74 Å². The smallest absolute Gasteiger partial charge is 0.322 e. The molecule has 27 heavy (non-hydrogen) atoms. The van der Waals surface area contributed by atoms with Crippen molar-refractivity contribution in [2.24, 2.45) is 5.92 Å². The van der Waals surface area contributed by atoms with E-state index in [1.807, 2.05) is 20.2 Å². The van der Waals surface area contributed by atoms with E-state index in [1.165, 1.54) is 12.1 Å². The fraction of sp³-hybridized carbons (Fsp3) is 0.474. The summed E-state index contributed by atoms with van der Waals surface area (Å²) in [5.74, 6) is 0.00722. The number of nitrogens with zero attached hydrogens (tertiary/aromatic N) is 4. The zero-order valence-corrected chi connectivity index (χ0v) is 15.8. The molecule has 3 rings (SSSR count). The van der Waals surface area contributed by atoms with E-state index in [2.05, 4.69) is 15.3 Å². The number of carbonyl (C=O) groups excluding carboxylic acids is 1. The van der Waals surface area contributed by atoms with Gasteiger partial charge in [-0.2, -0.15) is 5.10 Å². The topological polar surface area (TPSA) is 62.6 Å². The van der Waals surface area contributed by atoms with E-state index in [0.717, 1.165) is 12.1 Å². The first kappa shape index (κ1) is 19.3. The molecule has 2 heterocycles. The van der Waals surface area contributed by atoms with Gasteiger partial charge in [-0.1, -0.05) is 12.1 Å². The number of carbonyl (C=O) groups is 1. The van der Waals surface area contributed by atoms with Crippen LogP contribution in [-0.4, -0.2) is 72.6 Å². The van der Waals surface area contributed by atoms with Crippen LogP contribution in [0.5, 0.6) is 0 Å². The molecule has 0 radical (unpaired) electrons. The van der Waals surface area contributed by atoms with E-state index in [9.17, 15) is 9.18 Å². The minimum atomic E-state index is -0.274. The van der Waals surface area contributed by atoms with Crippen molar-refractivity contribution in [3.63, 3.8) is 0 Å². The molecule has 1 saturated heterocycles. The van der Waals surface area contributed by atoms with Crippen LogP contribution < -0.4 is 5.32 Å². The molecular weight excluding hydrogens is 349 g/mol. The third kappa shape index (κ3) is 5.77. The average molecular weight is 375 g/mol. The highest BCUT2D eigenvalue weighted by Gasteiger charge is 2.23. The maximum Gasteiger partial charge on any atom is 0.322 e. The zero-order chi connectivity index (χ0) is 19.2. The number of hydrogen-bond donors (Lipinski definition) is 1. The van der Waals surface area contributed by atoms with Crippen LogP contribution in [0.4, 0.5) is 14.9 Å². The zero-order valence-electron chi connectivity index (χ0n) is 15.8. The fourth-order valence-corrected chi connectivity index (χ4v) is 3.23. The summed E-state index contributed by atoms with van der Waals surface area (Å²) in [5, 5.41) is 7.13. The quantitative estimate of drug-likeness (QED) is 0.870. The van der Waals surface area contributed by atoms with Crippen molar-refractivity contribution in [3.05, 3.63) is 48.0 Å². The Morgan fingerprint density at radius 3 is 3.07 bits per heavy atom. The summed E-state index contributed by atoms with van der Waals surface area (Å²) in [6.07, 6.45) is 3.34. The summed E-state index contributed by atoms with van der Waals surface area (Å²) in [6, 6.07) is 6.23. The van der Waals surface area contributed by atoms with E-state index in [-0.39, 0.29) is 17.8 Å². The average Bonchev–Trinajstić information content (AvgIpc) is 2.89. The van der Waals surface area contributed by atoms with Crippen LogP contribution in [0, 0.1) is 11.7 Å². The highest BCUT2D eigenvalue weighted by atomic mass is 19.1. The molecule has 1 fully saturated rings. The van der Waals surface area contributed by atoms with Gasteiger partial charge in [0.2, 0.25) is 0 Å². The van der Waals surface area contributed by atoms with E-state index < -0.39 is 0 Å². The molecule has 146 valence electrons. The Labute approximate surface area is 158 Å². The summed E-state index contributed by atoms with van der Waals surface area (Å²) in [4.78, 5) is 16.5. The van der Waals surface area contributed by atoms with Gasteiger partial charge in [0, 0.05) is 31.7 Å². The maximum atomic E-state index is 13.3. The minimum Gasteiger partial charge on any atom is -0.379 e. The molecule has 1 aromatic heterocycles. The number of amides is 2. The summed E-state index contributed by atoms with van der Waals surface area (Å²) in [6.45, 7) is 3.73. The maximum absolute atomic E-state index is 13.3. The molecule has 1 atom stereocenters. The molecular formula is C19H26FN5O2. The number of nitrogens with one attached hydrogen (secondary N) is 1. The van der Waals surface area contributed by atoms with E-state index in [1.54, 1.807) is 28.0 Å². The van der Waals surface area contributed by atoms with Gasteiger partial charge in [0.1, 0.15) is 5.82 Å². The van der Waals surface area contributed by atoms with Crippen molar-refractivity contribution in [2.45, 2.75) is 6.54 Å². The van der Waals surface area contributed by atoms with Gasteiger partial charge in [-0.15, -0.1) is 0 Å². The monoisotopic (exact) mass is 375 g/mol. The Hall–Kier alpha value is -2.45. The van der Waals surface area contributed by atoms with Crippen molar-refractivity contribution in [3.8, 4) is 0 Å². The lowest BCUT2D eigenvalue weighted by molar-refractivity contribution is 0.112. The number of benzene rings is 1. The third-order valence-electron chi connectivity index (χ3n) is 4.37. The first-order valence-corrected chi connectivity index (χ1v) is 9.05. The number of urea groups is 1. The van der Waals surface area contributed by atoms with Crippen molar-refractivity contribution in [1.82, 2.24) is 19.6 Å². The molecule has 1 N–H and O–H groups in total. The predicted molar refractivity (Wildman–Crippen MR) is 101 cm³/mol. The highest BCUT2D eigenvalue weighted by Crippen LogP contribution is 2.13. The van der Waals surface area contributed by atoms with Crippen LogP contribution in [0.1, 0.15) is 5.56 Å². The van der Waals surface area contributed by atoms with Gasteiger partial charge in [-0.05, 0) is 31.8 Å². The number of anilines is 1.